The van der Waals surface area contributed by atoms with Crippen LogP contribution in [0, 0.1) is 11.3 Å². The molecule has 0 radical (unpaired) electrons. The number of hydrogen-bond donors (Lipinski definition) is 2. The number of carbonyl (C=O) groups excluding carboxylic acids is 1. The van der Waals surface area contributed by atoms with Gasteiger partial charge in [-0.15, -0.1) is 0 Å². The maximum atomic E-state index is 11.9. The monoisotopic (exact) mass is 295 g/mol. The van der Waals surface area contributed by atoms with Crippen LogP contribution in [0.3, 0.4) is 0 Å². The Balaban J connectivity index is 1.92. The van der Waals surface area contributed by atoms with Crippen molar-refractivity contribution in [1.29, 1.82) is 5.26 Å². The van der Waals surface area contributed by atoms with Crippen LogP contribution < -0.4 is 15.4 Å². The Kier molecular flexibility index (Phi) is 4.99. The van der Waals surface area contributed by atoms with Crippen LogP contribution in [0.15, 0.2) is 48.5 Å². The quantitative estimate of drug-likeness (QED) is 0.895. The van der Waals surface area contributed by atoms with E-state index in [4.69, 9.17) is 10.00 Å². The van der Waals surface area contributed by atoms with E-state index < -0.39 is 0 Å². The van der Waals surface area contributed by atoms with Crippen molar-refractivity contribution in [2.24, 2.45) is 0 Å². The summed E-state index contributed by atoms with van der Waals surface area (Å²) in [5.41, 5.74) is 1.84. The molecule has 0 spiro atoms. The number of nitrogens with one attached hydrogen (secondary N) is 2. The Morgan fingerprint density at radius 1 is 1.00 bits per heavy atom. The number of ether oxygens (including phenoxy) is 1. The fraction of sp³-hybridized carbons (Fsp3) is 0.176. The maximum absolute atomic E-state index is 11.9. The smallest absolute Gasteiger partial charge is 0.323 e. The first-order valence-corrected chi connectivity index (χ1v) is 6.91. The van der Waals surface area contributed by atoms with Gasteiger partial charge in [-0.1, -0.05) is 0 Å². The lowest BCUT2D eigenvalue weighted by molar-refractivity contribution is 0.242. The molecule has 0 aliphatic heterocycles. The lowest BCUT2D eigenvalue weighted by atomic mass is 10.2. The van der Waals surface area contributed by atoms with Gasteiger partial charge in [-0.3, -0.25) is 0 Å². The van der Waals surface area contributed by atoms with Gasteiger partial charge in [0.25, 0.3) is 0 Å². The molecule has 2 aromatic carbocycles. The molecule has 2 rings (SSSR count). The van der Waals surface area contributed by atoms with Gasteiger partial charge in [0.05, 0.1) is 17.7 Å². The first-order valence-electron chi connectivity index (χ1n) is 6.91. The van der Waals surface area contributed by atoms with E-state index in [0.717, 1.165) is 5.75 Å². The highest BCUT2D eigenvalue weighted by Crippen LogP contribution is 2.17. The average Bonchev–Trinajstić information content (AvgIpc) is 2.49. The number of urea groups is 1. The van der Waals surface area contributed by atoms with Crippen LogP contribution in [0.2, 0.25) is 0 Å². The van der Waals surface area contributed by atoms with Crippen LogP contribution in [0.1, 0.15) is 19.4 Å². The molecule has 0 saturated carbocycles. The second-order valence-corrected chi connectivity index (χ2v) is 4.96. The van der Waals surface area contributed by atoms with Gasteiger partial charge in [0.1, 0.15) is 5.75 Å². The van der Waals surface area contributed by atoms with Gasteiger partial charge in [0.15, 0.2) is 0 Å². The van der Waals surface area contributed by atoms with Crippen molar-refractivity contribution in [2.45, 2.75) is 20.0 Å². The van der Waals surface area contributed by atoms with E-state index in [1.54, 1.807) is 48.5 Å². The van der Waals surface area contributed by atoms with E-state index in [0.29, 0.717) is 16.9 Å². The molecule has 2 N–H and O–H groups in total. The molecule has 2 aromatic rings. The summed E-state index contributed by atoms with van der Waals surface area (Å²) in [6.45, 7) is 3.91. The number of amides is 2. The average molecular weight is 295 g/mol. The number of benzene rings is 2. The zero-order valence-electron chi connectivity index (χ0n) is 12.5. The molecule has 0 aliphatic carbocycles. The van der Waals surface area contributed by atoms with Crippen LogP contribution in [-0.2, 0) is 0 Å². The molecule has 5 nitrogen and oxygen atoms in total. The van der Waals surface area contributed by atoms with Crippen molar-refractivity contribution in [3.8, 4) is 11.8 Å². The van der Waals surface area contributed by atoms with Crippen molar-refractivity contribution in [2.75, 3.05) is 10.6 Å². The van der Waals surface area contributed by atoms with Crippen molar-refractivity contribution in [3.63, 3.8) is 0 Å². The molecular weight excluding hydrogens is 278 g/mol. The fourth-order valence-electron chi connectivity index (χ4n) is 1.81. The first kappa shape index (κ1) is 15.4. The lowest BCUT2D eigenvalue weighted by Crippen LogP contribution is -2.19. The van der Waals surface area contributed by atoms with E-state index in [1.165, 1.54) is 0 Å². The number of nitriles is 1. The normalized spacial score (nSPS) is 9.91. The zero-order chi connectivity index (χ0) is 15.9. The summed E-state index contributed by atoms with van der Waals surface area (Å²) in [5.74, 6) is 0.757. The second kappa shape index (κ2) is 7.14. The Morgan fingerprint density at radius 3 is 1.95 bits per heavy atom. The second-order valence-electron chi connectivity index (χ2n) is 4.96. The van der Waals surface area contributed by atoms with Gasteiger partial charge in [-0.2, -0.15) is 5.26 Å². The zero-order valence-corrected chi connectivity index (χ0v) is 12.5. The molecule has 0 aliphatic rings. The first-order chi connectivity index (χ1) is 10.6. The predicted octanol–water partition coefficient (Wildman–Crippen LogP) is 3.99. The van der Waals surface area contributed by atoms with Gasteiger partial charge < -0.3 is 15.4 Å². The topological polar surface area (TPSA) is 74.2 Å². The Hall–Kier alpha value is -3.00. The van der Waals surface area contributed by atoms with Gasteiger partial charge in [-0.25, -0.2) is 4.79 Å². The Morgan fingerprint density at radius 2 is 1.50 bits per heavy atom. The van der Waals surface area contributed by atoms with Crippen molar-refractivity contribution in [3.05, 3.63) is 54.1 Å². The van der Waals surface area contributed by atoms with Gasteiger partial charge >= 0.3 is 6.03 Å². The number of anilines is 2. The van der Waals surface area contributed by atoms with Crippen molar-refractivity contribution < 1.29 is 9.53 Å². The van der Waals surface area contributed by atoms with Crippen molar-refractivity contribution in [1.82, 2.24) is 0 Å². The SMILES string of the molecule is CC(C)Oc1ccc(NC(=O)Nc2ccc(C#N)cc2)cc1. The molecule has 112 valence electrons. The van der Waals surface area contributed by atoms with Crippen molar-refractivity contribution >= 4 is 17.4 Å². The van der Waals surface area contributed by atoms with Crippen LogP contribution >= 0.6 is 0 Å². The largest absolute Gasteiger partial charge is 0.491 e. The van der Waals surface area contributed by atoms with E-state index in [1.807, 2.05) is 19.9 Å². The molecule has 0 bridgehead atoms. The predicted molar refractivity (Wildman–Crippen MR) is 86.0 cm³/mol. The molecule has 0 saturated heterocycles. The molecule has 2 amide bonds. The number of nitrogens with zero attached hydrogens (tertiary/aromatic N) is 1. The summed E-state index contributed by atoms with van der Waals surface area (Å²) in [7, 11) is 0. The Labute approximate surface area is 129 Å². The summed E-state index contributed by atoms with van der Waals surface area (Å²) in [6, 6.07) is 15.5. The number of hydrogen-bond acceptors (Lipinski definition) is 3. The summed E-state index contributed by atoms with van der Waals surface area (Å²) in [6.07, 6.45) is 0.110. The standard InChI is InChI=1S/C17H17N3O2/c1-12(2)22-16-9-7-15(8-10-16)20-17(21)19-14-5-3-13(11-18)4-6-14/h3-10,12H,1-2H3,(H2,19,20,21). The van der Waals surface area contributed by atoms with Gasteiger partial charge in [0, 0.05) is 11.4 Å². The molecule has 5 heteroatoms. The van der Waals surface area contributed by atoms with Gasteiger partial charge in [-0.05, 0) is 62.4 Å². The minimum atomic E-state index is -0.345. The molecule has 0 unspecified atom stereocenters. The highest BCUT2D eigenvalue weighted by Gasteiger charge is 2.04. The van der Waals surface area contributed by atoms with Crippen LogP contribution in [-0.4, -0.2) is 12.1 Å². The number of carbonyl (C=O) groups is 1. The third-order valence-electron chi connectivity index (χ3n) is 2.76. The highest BCUT2D eigenvalue weighted by atomic mass is 16.5. The number of rotatable bonds is 4. The van der Waals surface area contributed by atoms with E-state index in [2.05, 4.69) is 10.6 Å². The van der Waals surface area contributed by atoms with E-state index in [9.17, 15) is 4.79 Å². The lowest BCUT2D eigenvalue weighted by Gasteiger charge is -2.11. The molecule has 22 heavy (non-hydrogen) atoms. The summed E-state index contributed by atoms with van der Waals surface area (Å²) in [4.78, 5) is 11.9. The van der Waals surface area contributed by atoms with Crippen LogP contribution in [0.4, 0.5) is 16.2 Å². The van der Waals surface area contributed by atoms with Crippen LogP contribution in [0.25, 0.3) is 0 Å². The van der Waals surface area contributed by atoms with Crippen LogP contribution in [0.5, 0.6) is 5.75 Å². The summed E-state index contributed by atoms with van der Waals surface area (Å²) >= 11 is 0. The molecule has 0 aromatic heterocycles. The Bertz CT molecular complexity index is 671. The molecule has 0 atom stereocenters. The third-order valence-corrected chi connectivity index (χ3v) is 2.76. The summed E-state index contributed by atoms with van der Waals surface area (Å²) in [5, 5.41) is 14.1. The maximum Gasteiger partial charge on any atom is 0.323 e. The molecule has 0 heterocycles. The minimum Gasteiger partial charge on any atom is -0.491 e. The molecular formula is C17H17N3O2. The third kappa shape index (κ3) is 4.53. The van der Waals surface area contributed by atoms with Gasteiger partial charge in [0.2, 0.25) is 0 Å². The van der Waals surface area contributed by atoms with E-state index >= 15 is 0 Å². The van der Waals surface area contributed by atoms with E-state index in [-0.39, 0.29) is 12.1 Å². The fourth-order valence-corrected chi connectivity index (χ4v) is 1.81. The minimum absolute atomic E-state index is 0.110. The molecule has 0 fully saturated rings. The summed E-state index contributed by atoms with van der Waals surface area (Å²) < 4.78 is 5.54. The highest BCUT2D eigenvalue weighted by molar-refractivity contribution is 5.99.